The van der Waals surface area contributed by atoms with Gasteiger partial charge in [-0.25, -0.2) is 9.18 Å². The summed E-state index contributed by atoms with van der Waals surface area (Å²) in [5.41, 5.74) is 3.04. The van der Waals surface area contributed by atoms with E-state index >= 15 is 0 Å². The molecule has 2 amide bonds. The van der Waals surface area contributed by atoms with E-state index in [0.717, 1.165) is 12.0 Å². The van der Waals surface area contributed by atoms with Crippen LogP contribution in [0.15, 0.2) is 60.7 Å². The number of carbonyl (C=O) groups excluding carboxylic acids is 3. The lowest BCUT2D eigenvalue weighted by atomic mass is 10.00. The summed E-state index contributed by atoms with van der Waals surface area (Å²) in [6.07, 6.45) is 0.199. The second-order valence-electron chi connectivity index (χ2n) is 11.8. The topological polar surface area (TPSA) is 93.7 Å². The number of aryl methyl sites for hydroxylation is 1. The van der Waals surface area contributed by atoms with Crippen molar-refractivity contribution < 1.29 is 28.2 Å². The number of carbonyl (C=O) groups is 3. The molecule has 0 aliphatic carbocycles. The lowest BCUT2D eigenvalue weighted by Gasteiger charge is -2.20. The van der Waals surface area contributed by atoms with E-state index in [2.05, 4.69) is 10.6 Å². The third-order valence-corrected chi connectivity index (χ3v) is 5.83. The van der Waals surface area contributed by atoms with E-state index in [4.69, 9.17) is 9.47 Å². The zero-order valence-corrected chi connectivity index (χ0v) is 24.8. The smallest absolute Gasteiger partial charge is 0.407 e. The summed E-state index contributed by atoms with van der Waals surface area (Å²) >= 11 is 0. The molecule has 0 radical (unpaired) electrons. The van der Waals surface area contributed by atoms with Crippen LogP contribution < -0.4 is 10.6 Å². The molecule has 0 aromatic heterocycles. The summed E-state index contributed by atoms with van der Waals surface area (Å²) in [5.74, 6) is -1.22. The van der Waals surface area contributed by atoms with Gasteiger partial charge in [-0.2, -0.15) is 0 Å². The molecule has 0 saturated carbocycles. The van der Waals surface area contributed by atoms with Crippen molar-refractivity contribution in [3.63, 3.8) is 0 Å². The maximum absolute atomic E-state index is 14.5. The van der Waals surface area contributed by atoms with E-state index in [0.29, 0.717) is 33.5 Å². The van der Waals surface area contributed by atoms with E-state index in [9.17, 15) is 18.8 Å². The average molecular weight is 563 g/mol. The SMILES string of the molecule is CCc1ccc(NC(=O)c2cccc(-c3cc(F)cc(CNC(=O)OC(C)(C)C)c3)c2)c(CC(=O)OC(C)(C)C)c1. The molecule has 0 fully saturated rings. The molecule has 7 nitrogen and oxygen atoms in total. The van der Waals surface area contributed by atoms with Gasteiger partial charge in [0.15, 0.2) is 0 Å². The van der Waals surface area contributed by atoms with Gasteiger partial charge in [0.05, 0.1) is 6.42 Å². The van der Waals surface area contributed by atoms with Crippen LogP contribution in [0.5, 0.6) is 0 Å². The number of amides is 2. The van der Waals surface area contributed by atoms with Crippen LogP contribution in [0.25, 0.3) is 11.1 Å². The third-order valence-electron chi connectivity index (χ3n) is 5.83. The minimum Gasteiger partial charge on any atom is -0.460 e. The summed E-state index contributed by atoms with van der Waals surface area (Å²) in [7, 11) is 0. The predicted octanol–water partition coefficient (Wildman–Crippen LogP) is 7.22. The molecule has 8 heteroatoms. The van der Waals surface area contributed by atoms with Gasteiger partial charge in [0.2, 0.25) is 0 Å². The number of alkyl carbamates (subject to hydrolysis) is 1. The number of halogens is 1. The highest BCUT2D eigenvalue weighted by molar-refractivity contribution is 6.05. The fourth-order valence-electron chi connectivity index (χ4n) is 4.11. The molecule has 218 valence electrons. The first kappa shape index (κ1) is 31.3. The lowest BCUT2D eigenvalue weighted by molar-refractivity contribution is -0.153. The highest BCUT2D eigenvalue weighted by Crippen LogP contribution is 2.25. The summed E-state index contributed by atoms with van der Waals surface area (Å²) in [5, 5.41) is 5.55. The van der Waals surface area contributed by atoms with Crippen LogP contribution >= 0.6 is 0 Å². The van der Waals surface area contributed by atoms with E-state index in [1.54, 1.807) is 57.2 Å². The van der Waals surface area contributed by atoms with Crippen molar-refractivity contribution >= 4 is 23.7 Å². The number of ether oxygens (including phenoxy) is 2. The average Bonchev–Trinajstić information content (AvgIpc) is 2.86. The lowest BCUT2D eigenvalue weighted by Crippen LogP contribution is -2.32. The quantitative estimate of drug-likeness (QED) is 0.283. The zero-order valence-electron chi connectivity index (χ0n) is 24.8. The van der Waals surface area contributed by atoms with Crippen LogP contribution in [0.2, 0.25) is 0 Å². The number of hydrogen-bond acceptors (Lipinski definition) is 5. The summed E-state index contributed by atoms with van der Waals surface area (Å²) in [6.45, 7) is 12.8. The van der Waals surface area contributed by atoms with Crippen molar-refractivity contribution in [1.29, 1.82) is 0 Å². The Labute approximate surface area is 241 Å². The van der Waals surface area contributed by atoms with Gasteiger partial charge in [-0.15, -0.1) is 0 Å². The number of esters is 1. The van der Waals surface area contributed by atoms with Crippen LogP contribution in [0.4, 0.5) is 14.9 Å². The predicted molar refractivity (Wildman–Crippen MR) is 158 cm³/mol. The number of anilines is 1. The first-order chi connectivity index (χ1) is 19.1. The Kier molecular flexibility index (Phi) is 9.92. The van der Waals surface area contributed by atoms with Crippen molar-refractivity contribution in [3.8, 4) is 11.1 Å². The molecule has 0 bridgehead atoms. The summed E-state index contributed by atoms with van der Waals surface area (Å²) in [6, 6.07) is 16.9. The standard InChI is InChI=1S/C33H39FN2O5/c1-8-21-12-13-28(26(14-21)19-29(37)40-32(2,3)4)36-30(38)24-11-9-10-23(17-24)25-15-22(16-27(34)18-25)20-35-31(39)41-33(5,6)7/h9-18H,8,19-20H2,1-7H3,(H,35,39)(H,36,38). The summed E-state index contributed by atoms with van der Waals surface area (Å²) < 4.78 is 25.2. The van der Waals surface area contributed by atoms with Crippen LogP contribution in [-0.2, 0) is 33.7 Å². The Morgan fingerprint density at radius 3 is 2.17 bits per heavy atom. The van der Waals surface area contributed by atoms with Crippen LogP contribution in [0, 0.1) is 5.82 Å². The van der Waals surface area contributed by atoms with Gasteiger partial charge < -0.3 is 20.1 Å². The Balaban J connectivity index is 1.80. The molecule has 0 unspecified atom stereocenters. The highest BCUT2D eigenvalue weighted by atomic mass is 19.1. The van der Waals surface area contributed by atoms with Gasteiger partial charge in [-0.1, -0.05) is 31.2 Å². The molecule has 41 heavy (non-hydrogen) atoms. The van der Waals surface area contributed by atoms with Crippen molar-refractivity contribution in [2.75, 3.05) is 5.32 Å². The van der Waals surface area contributed by atoms with E-state index in [1.165, 1.54) is 12.1 Å². The number of benzene rings is 3. The van der Waals surface area contributed by atoms with Crippen molar-refractivity contribution in [2.24, 2.45) is 0 Å². The first-order valence-electron chi connectivity index (χ1n) is 13.6. The molecule has 3 aromatic carbocycles. The van der Waals surface area contributed by atoms with Gasteiger partial charge >= 0.3 is 12.1 Å². The Morgan fingerprint density at radius 2 is 1.51 bits per heavy atom. The third kappa shape index (κ3) is 10.0. The van der Waals surface area contributed by atoms with Gasteiger partial charge in [-0.05, 0) is 112 Å². The van der Waals surface area contributed by atoms with Crippen LogP contribution in [-0.4, -0.2) is 29.2 Å². The maximum Gasteiger partial charge on any atom is 0.407 e. The Bertz CT molecular complexity index is 1420. The minimum atomic E-state index is -0.646. The highest BCUT2D eigenvalue weighted by Gasteiger charge is 2.20. The largest absolute Gasteiger partial charge is 0.460 e. The number of hydrogen-bond donors (Lipinski definition) is 2. The second kappa shape index (κ2) is 13.0. The molecule has 2 N–H and O–H groups in total. The molecular weight excluding hydrogens is 523 g/mol. The second-order valence-corrected chi connectivity index (χ2v) is 11.8. The van der Waals surface area contributed by atoms with Gasteiger partial charge in [0, 0.05) is 17.8 Å². The molecule has 0 heterocycles. The monoisotopic (exact) mass is 562 g/mol. The Morgan fingerprint density at radius 1 is 0.805 bits per heavy atom. The molecule has 0 aliphatic heterocycles. The normalized spacial score (nSPS) is 11.5. The van der Waals surface area contributed by atoms with E-state index in [1.807, 2.05) is 39.8 Å². The van der Waals surface area contributed by atoms with Gasteiger partial charge in [0.25, 0.3) is 5.91 Å². The van der Waals surface area contributed by atoms with Crippen molar-refractivity contribution in [3.05, 3.63) is 88.7 Å². The van der Waals surface area contributed by atoms with E-state index in [-0.39, 0.29) is 24.8 Å². The van der Waals surface area contributed by atoms with Crippen LogP contribution in [0.3, 0.4) is 0 Å². The fourth-order valence-corrected chi connectivity index (χ4v) is 4.11. The van der Waals surface area contributed by atoms with Crippen molar-refractivity contribution in [2.45, 2.75) is 79.1 Å². The fraction of sp³-hybridized carbons (Fsp3) is 0.364. The molecule has 0 spiro atoms. The van der Waals surface area contributed by atoms with Gasteiger partial charge in [0.1, 0.15) is 17.0 Å². The minimum absolute atomic E-state index is 0.0180. The molecule has 0 aliphatic rings. The van der Waals surface area contributed by atoms with E-state index < -0.39 is 23.1 Å². The molecule has 3 aromatic rings. The maximum atomic E-state index is 14.5. The molecule has 0 atom stereocenters. The number of rotatable bonds is 8. The first-order valence-corrected chi connectivity index (χ1v) is 13.6. The van der Waals surface area contributed by atoms with Crippen molar-refractivity contribution in [1.82, 2.24) is 5.32 Å². The summed E-state index contributed by atoms with van der Waals surface area (Å²) in [4.78, 5) is 37.8. The molecular formula is C33H39FN2O5. The van der Waals surface area contributed by atoms with Gasteiger partial charge in [-0.3, -0.25) is 9.59 Å². The van der Waals surface area contributed by atoms with Crippen LogP contribution in [0.1, 0.15) is 75.5 Å². The Hall–Kier alpha value is -4.20. The molecule has 0 saturated heterocycles. The zero-order chi connectivity index (χ0) is 30.4. The number of nitrogens with one attached hydrogen (secondary N) is 2. The molecule has 3 rings (SSSR count).